The highest BCUT2D eigenvalue weighted by Gasteiger charge is 2.11. The van der Waals surface area contributed by atoms with Crippen molar-refractivity contribution in [1.29, 1.82) is 5.26 Å². The predicted molar refractivity (Wildman–Crippen MR) is 95.3 cm³/mol. The quantitative estimate of drug-likeness (QED) is 0.774. The summed E-state index contributed by atoms with van der Waals surface area (Å²) in [5, 5.41) is 10.7. The van der Waals surface area contributed by atoms with Gasteiger partial charge in [0.1, 0.15) is 11.8 Å². The van der Waals surface area contributed by atoms with Crippen LogP contribution >= 0.6 is 23.4 Å². The van der Waals surface area contributed by atoms with Crippen LogP contribution in [0.1, 0.15) is 12.0 Å². The molecule has 1 saturated heterocycles. The summed E-state index contributed by atoms with van der Waals surface area (Å²) in [5.74, 6) is 3.02. The molecule has 2 aromatic rings. The third kappa shape index (κ3) is 4.08. The van der Waals surface area contributed by atoms with Crippen molar-refractivity contribution in [2.45, 2.75) is 6.42 Å². The number of fused-ring (bicyclic) bond motifs is 1. The maximum atomic E-state index is 9.33. The molecule has 0 saturated carbocycles. The second-order valence-electron chi connectivity index (χ2n) is 5.43. The standard InChI is InChI=1S/C17H18ClN3OS/c18-15-2-3-20-16-11-17(13(12-19)10-14(15)16)22-7-1-4-21-5-8-23-9-6-21/h2-3,10-11H,1,4-9H2. The second kappa shape index (κ2) is 7.87. The average Bonchev–Trinajstić information content (AvgIpc) is 2.59. The minimum absolute atomic E-state index is 0.502. The Bertz CT molecular complexity index is 726. The smallest absolute Gasteiger partial charge is 0.139 e. The molecular formula is C17H18ClN3OS. The molecular weight excluding hydrogens is 330 g/mol. The molecule has 120 valence electrons. The van der Waals surface area contributed by atoms with Gasteiger partial charge in [0.05, 0.1) is 22.7 Å². The molecule has 0 unspecified atom stereocenters. The molecule has 1 aromatic carbocycles. The molecule has 0 N–H and O–H groups in total. The molecule has 1 fully saturated rings. The molecule has 1 aliphatic heterocycles. The Morgan fingerprint density at radius 1 is 1.35 bits per heavy atom. The van der Waals surface area contributed by atoms with E-state index in [1.165, 1.54) is 11.5 Å². The van der Waals surface area contributed by atoms with Gasteiger partial charge in [-0.1, -0.05) is 11.6 Å². The fraction of sp³-hybridized carbons (Fsp3) is 0.412. The van der Waals surface area contributed by atoms with Gasteiger partial charge in [0.25, 0.3) is 0 Å². The number of thioether (sulfide) groups is 1. The van der Waals surface area contributed by atoms with Crippen LogP contribution in [-0.4, -0.2) is 47.6 Å². The van der Waals surface area contributed by atoms with Crippen LogP contribution in [0.5, 0.6) is 5.75 Å². The molecule has 2 heterocycles. The molecule has 23 heavy (non-hydrogen) atoms. The molecule has 0 bridgehead atoms. The van der Waals surface area contributed by atoms with Crippen molar-refractivity contribution in [1.82, 2.24) is 9.88 Å². The lowest BCUT2D eigenvalue weighted by molar-refractivity contribution is 0.248. The zero-order chi connectivity index (χ0) is 16.1. The highest BCUT2D eigenvalue weighted by Crippen LogP contribution is 2.28. The van der Waals surface area contributed by atoms with Crippen molar-refractivity contribution in [2.24, 2.45) is 0 Å². The number of aromatic nitrogens is 1. The van der Waals surface area contributed by atoms with Crippen LogP contribution in [0.2, 0.25) is 5.02 Å². The lowest BCUT2D eigenvalue weighted by atomic mass is 10.1. The molecule has 0 radical (unpaired) electrons. The van der Waals surface area contributed by atoms with Crippen molar-refractivity contribution in [3.8, 4) is 11.8 Å². The van der Waals surface area contributed by atoms with Crippen LogP contribution in [0, 0.1) is 11.3 Å². The largest absolute Gasteiger partial charge is 0.492 e. The SMILES string of the molecule is N#Cc1cc2c(Cl)ccnc2cc1OCCCN1CCSCC1. The summed E-state index contributed by atoms with van der Waals surface area (Å²) in [6.07, 6.45) is 2.62. The first kappa shape index (κ1) is 16.4. The highest BCUT2D eigenvalue weighted by atomic mass is 35.5. The summed E-state index contributed by atoms with van der Waals surface area (Å²) >= 11 is 8.17. The number of nitrogens with zero attached hydrogens (tertiary/aromatic N) is 3. The first-order valence-electron chi connectivity index (χ1n) is 7.69. The maximum absolute atomic E-state index is 9.33. The Balaban J connectivity index is 1.64. The minimum Gasteiger partial charge on any atom is -0.492 e. The number of nitriles is 1. The van der Waals surface area contributed by atoms with Crippen molar-refractivity contribution in [2.75, 3.05) is 37.7 Å². The van der Waals surface area contributed by atoms with E-state index in [1.54, 1.807) is 24.4 Å². The number of pyridine rings is 1. The van der Waals surface area contributed by atoms with Crippen molar-refractivity contribution in [3.63, 3.8) is 0 Å². The number of hydrogen-bond donors (Lipinski definition) is 0. The molecule has 0 atom stereocenters. The third-order valence-corrected chi connectivity index (χ3v) is 5.16. The van der Waals surface area contributed by atoms with Gasteiger partial charge in [-0.2, -0.15) is 17.0 Å². The number of ether oxygens (including phenoxy) is 1. The topological polar surface area (TPSA) is 49.1 Å². The van der Waals surface area contributed by atoms with Gasteiger partial charge in [-0.05, 0) is 18.6 Å². The van der Waals surface area contributed by atoms with Crippen LogP contribution in [-0.2, 0) is 0 Å². The van der Waals surface area contributed by atoms with Crippen LogP contribution in [0.15, 0.2) is 24.4 Å². The molecule has 1 aromatic heterocycles. The van der Waals surface area contributed by atoms with Crippen LogP contribution in [0.3, 0.4) is 0 Å². The number of halogens is 1. The van der Waals surface area contributed by atoms with E-state index in [2.05, 4.69) is 16.0 Å². The maximum Gasteiger partial charge on any atom is 0.139 e. The lowest BCUT2D eigenvalue weighted by Crippen LogP contribution is -2.33. The summed E-state index contributed by atoms with van der Waals surface area (Å²) in [5.41, 5.74) is 1.25. The van der Waals surface area contributed by atoms with E-state index in [-0.39, 0.29) is 0 Å². The van der Waals surface area contributed by atoms with Crippen LogP contribution in [0.25, 0.3) is 10.9 Å². The summed E-state index contributed by atoms with van der Waals surface area (Å²) < 4.78 is 5.83. The van der Waals surface area contributed by atoms with Crippen molar-refractivity contribution < 1.29 is 4.74 Å². The van der Waals surface area contributed by atoms with E-state index in [0.717, 1.165) is 37.0 Å². The summed E-state index contributed by atoms with van der Waals surface area (Å²) in [4.78, 5) is 6.76. The zero-order valence-electron chi connectivity index (χ0n) is 12.8. The number of benzene rings is 1. The highest BCUT2D eigenvalue weighted by molar-refractivity contribution is 7.99. The molecule has 0 aliphatic carbocycles. The average molecular weight is 348 g/mol. The molecule has 4 nitrogen and oxygen atoms in total. The van der Waals surface area contributed by atoms with E-state index in [4.69, 9.17) is 16.3 Å². The molecule has 0 spiro atoms. The monoisotopic (exact) mass is 347 g/mol. The first-order valence-corrected chi connectivity index (χ1v) is 9.22. The predicted octanol–water partition coefficient (Wildman–Crippen LogP) is 3.58. The number of rotatable bonds is 5. The van der Waals surface area contributed by atoms with Crippen LogP contribution < -0.4 is 4.74 Å². The van der Waals surface area contributed by atoms with Gasteiger partial charge in [-0.3, -0.25) is 4.98 Å². The van der Waals surface area contributed by atoms with Crippen molar-refractivity contribution in [3.05, 3.63) is 35.0 Å². The van der Waals surface area contributed by atoms with Gasteiger partial charge >= 0.3 is 0 Å². The van der Waals surface area contributed by atoms with E-state index in [1.807, 2.05) is 11.8 Å². The second-order valence-corrected chi connectivity index (χ2v) is 7.06. The van der Waals surface area contributed by atoms with Gasteiger partial charge in [-0.15, -0.1) is 0 Å². The Morgan fingerprint density at radius 2 is 2.17 bits per heavy atom. The first-order chi connectivity index (χ1) is 11.3. The van der Waals surface area contributed by atoms with Gasteiger partial charge in [0.15, 0.2) is 0 Å². The number of hydrogen-bond acceptors (Lipinski definition) is 5. The summed E-state index contributed by atoms with van der Waals surface area (Å²) in [6, 6.07) is 7.46. The normalized spacial score (nSPS) is 15.5. The fourth-order valence-corrected chi connectivity index (χ4v) is 3.83. The van der Waals surface area contributed by atoms with Gasteiger partial charge in [0.2, 0.25) is 0 Å². The molecule has 6 heteroatoms. The summed E-state index contributed by atoms with van der Waals surface area (Å²) in [6.45, 7) is 3.96. The van der Waals surface area contributed by atoms with E-state index in [9.17, 15) is 5.26 Å². The molecule has 3 rings (SSSR count). The van der Waals surface area contributed by atoms with E-state index >= 15 is 0 Å². The van der Waals surface area contributed by atoms with E-state index < -0.39 is 0 Å². The molecule has 1 aliphatic rings. The van der Waals surface area contributed by atoms with E-state index in [0.29, 0.717) is 22.9 Å². The molecule has 0 amide bonds. The Hall–Kier alpha value is -1.48. The third-order valence-electron chi connectivity index (χ3n) is 3.89. The van der Waals surface area contributed by atoms with Crippen molar-refractivity contribution >= 4 is 34.3 Å². The minimum atomic E-state index is 0.502. The Kier molecular flexibility index (Phi) is 5.60. The van der Waals surface area contributed by atoms with Gasteiger partial charge in [-0.25, -0.2) is 0 Å². The Labute approximate surface area is 145 Å². The summed E-state index contributed by atoms with van der Waals surface area (Å²) in [7, 11) is 0. The fourth-order valence-electron chi connectivity index (χ4n) is 2.64. The van der Waals surface area contributed by atoms with Crippen LogP contribution in [0.4, 0.5) is 0 Å². The lowest BCUT2D eigenvalue weighted by Gasteiger charge is -2.25. The van der Waals surface area contributed by atoms with Gasteiger partial charge < -0.3 is 9.64 Å². The van der Waals surface area contributed by atoms with Gasteiger partial charge in [0, 0.05) is 48.8 Å². The Morgan fingerprint density at radius 3 is 2.96 bits per heavy atom. The zero-order valence-corrected chi connectivity index (χ0v) is 14.4.